The topological polar surface area (TPSA) is 34.9 Å². The summed E-state index contributed by atoms with van der Waals surface area (Å²) in [5, 5.41) is 4.19. The number of hydrogen-bond acceptors (Lipinski definition) is 2. The quantitative estimate of drug-likeness (QED) is 0.783. The zero-order chi connectivity index (χ0) is 14.0. The largest absolute Gasteiger partial charge is 0.287 e. The number of aromatic nitrogens is 2. The van der Waals surface area contributed by atoms with Gasteiger partial charge < -0.3 is 0 Å². The Bertz CT molecular complexity index is 607. The van der Waals surface area contributed by atoms with Crippen LogP contribution >= 0.6 is 27.5 Å². The molecule has 0 unspecified atom stereocenters. The van der Waals surface area contributed by atoms with Gasteiger partial charge in [0.2, 0.25) is 5.78 Å². The van der Waals surface area contributed by atoms with Crippen LogP contribution in [0, 0.1) is 5.82 Å². The number of halogens is 3. The summed E-state index contributed by atoms with van der Waals surface area (Å²) < 4.78 is 15.9. The highest BCUT2D eigenvalue weighted by molar-refractivity contribution is 9.10. The molecule has 100 valence electrons. The predicted octanol–water partition coefficient (Wildman–Crippen LogP) is 4.08. The summed E-state index contributed by atoms with van der Waals surface area (Å²) in [6.45, 7) is 2.55. The van der Waals surface area contributed by atoms with Crippen molar-refractivity contribution in [2.75, 3.05) is 0 Å². The Morgan fingerprint density at radius 3 is 2.89 bits per heavy atom. The Labute approximate surface area is 123 Å². The smallest absolute Gasteiger partial charge is 0.216 e. The van der Waals surface area contributed by atoms with Crippen molar-refractivity contribution >= 4 is 33.3 Å². The van der Waals surface area contributed by atoms with Crippen LogP contribution in [0.2, 0.25) is 5.02 Å². The van der Waals surface area contributed by atoms with Crippen LogP contribution in [0.3, 0.4) is 0 Å². The van der Waals surface area contributed by atoms with E-state index in [1.807, 2.05) is 6.92 Å². The molecule has 19 heavy (non-hydrogen) atoms. The number of aryl methyl sites for hydroxylation is 1. The minimum Gasteiger partial charge on any atom is -0.287 e. The van der Waals surface area contributed by atoms with Crippen molar-refractivity contribution in [1.82, 2.24) is 9.78 Å². The first kappa shape index (κ1) is 14.2. The van der Waals surface area contributed by atoms with Gasteiger partial charge in [-0.3, -0.25) is 9.48 Å². The molecule has 0 spiro atoms. The minimum atomic E-state index is -0.631. The van der Waals surface area contributed by atoms with Crippen molar-refractivity contribution in [3.63, 3.8) is 0 Å². The summed E-state index contributed by atoms with van der Waals surface area (Å²) in [7, 11) is 0. The molecule has 0 bridgehead atoms. The van der Waals surface area contributed by atoms with Crippen molar-refractivity contribution in [3.05, 3.63) is 51.0 Å². The van der Waals surface area contributed by atoms with E-state index in [0.29, 0.717) is 16.7 Å². The number of carbonyl (C=O) groups is 1. The number of carbonyl (C=O) groups excluding carboxylic acids is 1. The molecule has 0 fully saturated rings. The lowest BCUT2D eigenvalue weighted by molar-refractivity contribution is 0.102. The molecule has 3 nitrogen and oxygen atoms in total. The van der Waals surface area contributed by atoms with E-state index in [1.165, 1.54) is 24.4 Å². The zero-order valence-corrected chi connectivity index (χ0v) is 12.5. The van der Waals surface area contributed by atoms with Crippen LogP contribution in [0.1, 0.15) is 29.4 Å². The maximum absolute atomic E-state index is 13.8. The van der Waals surface area contributed by atoms with Crippen LogP contribution in [0.25, 0.3) is 0 Å². The fourth-order valence-corrected chi connectivity index (χ4v) is 2.53. The molecular weight excluding hydrogens is 335 g/mol. The first-order valence-corrected chi connectivity index (χ1v) is 6.93. The SMILES string of the molecule is CCCn1ncc(Br)c1C(=O)c1c(F)cccc1Cl. The number of benzene rings is 1. The predicted molar refractivity (Wildman–Crippen MR) is 75.1 cm³/mol. The highest BCUT2D eigenvalue weighted by atomic mass is 79.9. The molecule has 0 aliphatic heterocycles. The van der Waals surface area contributed by atoms with Gasteiger partial charge in [0.05, 0.1) is 21.3 Å². The van der Waals surface area contributed by atoms with Gasteiger partial charge >= 0.3 is 0 Å². The standard InChI is InChI=1S/C13H11BrClFN2O/c1-2-6-18-12(8(14)7-17-18)13(19)11-9(15)4-3-5-10(11)16/h3-5,7H,2,6H2,1H3. The van der Waals surface area contributed by atoms with Gasteiger partial charge in [-0.2, -0.15) is 5.10 Å². The van der Waals surface area contributed by atoms with Crippen LogP contribution in [0.5, 0.6) is 0 Å². The molecule has 1 aromatic carbocycles. The summed E-state index contributed by atoms with van der Waals surface area (Å²) in [6.07, 6.45) is 2.34. The van der Waals surface area contributed by atoms with Gasteiger partial charge in [-0.05, 0) is 34.5 Å². The lowest BCUT2D eigenvalue weighted by atomic mass is 10.1. The Kier molecular flexibility index (Phi) is 4.37. The zero-order valence-electron chi connectivity index (χ0n) is 10.2. The summed E-state index contributed by atoms with van der Waals surface area (Å²) in [5.41, 5.74) is 0.191. The van der Waals surface area contributed by atoms with Gasteiger partial charge in [0.1, 0.15) is 11.5 Å². The Balaban J connectivity index is 2.53. The maximum Gasteiger partial charge on any atom is 0.216 e. The lowest BCUT2D eigenvalue weighted by Gasteiger charge is -2.08. The highest BCUT2D eigenvalue weighted by Gasteiger charge is 2.23. The third-order valence-corrected chi connectivity index (χ3v) is 3.53. The molecule has 0 aliphatic rings. The van der Waals surface area contributed by atoms with Gasteiger partial charge in [0, 0.05) is 6.54 Å². The fraction of sp³-hybridized carbons (Fsp3) is 0.231. The van der Waals surface area contributed by atoms with Crippen LogP contribution in [-0.2, 0) is 6.54 Å². The van der Waals surface area contributed by atoms with Crippen LogP contribution in [-0.4, -0.2) is 15.6 Å². The maximum atomic E-state index is 13.8. The van der Waals surface area contributed by atoms with E-state index in [0.717, 1.165) is 6.42 Å². The van der Waals surface area contributed by atoms with Crippen LogP contribution < -0.4 is 0 Å². The minimum absolute atomic E-state index is 0.0983. The first-order chi connectivity index (χ1) is 9.06. The van der Waals surface area contributed by atoms with Gasteiger partial charge in [-0.25, -0.2) is 4.39 Å². The van der Waals surface area contributed by atoms with E-state index in [2.05, 4.69) is 21.0 Å². The van der Waals surface area contributed by atoms with E-state index < -0.39 is 11.6 Å². The third kappa shape index (κ3) is 2.72. The molecule has 0 amide bonds. The summed E-state index contributed by atoms with van der Waals surface area (Å²) in [5.74, 6) is -1.10. The average molecular weight is 346 g/mol. The molecular formula is C13H11BrClFN2O. The molecule has 6 heteroatoms. The van der Waals surface area contributed by atoms with Crippen molar-refractivity contribution in [1.29, 1.82) is 0 Å². The molecule has 2 aromatic rings. The van der Waals surface area contributed by atoms with E-state index in [4.69, 9.17) is 11.6 Å². The third-order valence-electron chi connectivity index (χ3n) is 2.64. The second kappa shape index (κ2) is 5.84. The Hall–Kier alpha value is -1.20. The van der Waals surface area contributed by atoms with Crippen molar-refractivity contribution in [2.45, 2.75) is 19.9 Å². The molecule has 1 heterocycles. The van der Waals surface area contributed by atoms with Gasteiger partial charge in [0.25, 0.3) is 0 Å². The number of rotatable bonds is 4. The number of hydrogen-bond donors (Lipinski definition) is 0. The molecule has 0 N–H and O–H groups in total. The van der Waals surface area contributed by atoms with Gasteiger partial charge in [-0.1, -0.05) is 24.6 Å². The van der Waals surface area contributed by atoms with Crippen molar-refractivity contribution < 1.29 is 9.18 Å². The summed E-state index contributed by atoms with van der Waals surface area (Å²) >= 11 is 9.18. The molecule has 0 saturated heterocycles. The van der Waals surface area contributed by atoms with Gasteiger partial charge in [-0.15, -0.1) is 0 Å². The Morgan fingerprint density at radius 2 is 2.26 bits per heavy atom. The molecule has 2 rings (SSSR count). The molecule has 1 aromatic heterocycles. The van der Waals surface area contributed by atoms with E-state index in [1.54, 1.807) is 4.68 Å². The Morgan fingerprint density at radius 1 is 1.53 bits per heavy atom. The molecule has 0 aliphatic carbocycles. The second-order valence-electron chi connectivity index (χ2n) is 3.99. The number of ketones is 1. The van der Waals surface area contributed by atoms with E-state index >= 15 is 0 Å². The first-order valence-electron chi connectivity index (χ1n) is 5.76. The van der Waals surface area contributed by atoms with Crippen LogP contribution in [0.4, 0.5) is 4.39 Å². The number of nitrogens with zero attached hydrogens (tertiary/aromatic N) is 2. The fourth-order valence-electron chi connectivity index (χ4n) is 1.80. The normalized spacial score (nSPS) is 10.7. The van der Waals surface area contributed by atoms with E-state index in [-0.39, 0.29) is 10.6 Å². The van der Waals surface area contributed by atoms with E-state index in [9.17, 15) is 9.18 Å². The molecule has 0 radical (unpaired) electrons. The lowest BCUT2D eigenvalue weighted by Crippen LogP contribution is -2.14. The summed E-state index contributed by atoms with van der Waals surface area (Å²) in [6, 6.07) is 4.17. The van der Waals surface area contributed by atoms with Gasteiger partial charge in [0.15, 0.2) is 0 Å². The monoisotopic (exact) mass is 344 g/mol. The average Bonchev–Trinajstić information content (AvgIpc) is 2.70. The summed E-state index contributed by atoms with van der Waals surface area (Å²) in [4.78, 5) is 12.5. The second-order valence-corrected chi connectivity index (χ2v) is 5.25. The highest BCUT2D eigenvalue weighted by Crippen LogP contribution is 2.26. The molecule has 0 saturated carbocycles. The molecule has 0 atom stereocenters. The van der Waals surface area contributed by atoms with Crippen molar-refractivity contribution in [2.24, 2.45) is 0 Å². The van der Waals surface area contributed by atoms with Crippen molar-refractivity contribution in [3.8, 4) is 0 Å². The van der Waals surface area contributed by atoms with Crippen LogP contribution in [0.15, 0.2) is 28.9 Å².